The van der Waals surface area contributed by atoms with E-state index in [0.29, 0.717) is 6.54 Å². The molecule has 1 aliphatic heterocycles. The van der Waals surface area contributed by atoms with E-state index in [-0.39, 0.29) is 24.8 Å². The number of aliphatic carboxylic acids is 1. The lowest BCUT2D eigenvalue weighted by Crippen LogP contribution is -2.46. The number of carboxylic acids is 1. The minimum atomic E-state index is -1.36. The summed E-state index contributed by atoms with van der Waals surface area (Å²) in [6.07, 6.45) is -0.418. The van der Waals surface area contributed by atoms with Gasteiger partial charge in [0, 0.05) is 19.5 Å². The van der Waals surface area contributed by atoms with Crippen molar-refractivity contribution >= 4 is 23.7 Å². The van der Waals surface area contributed by atoms with Crippen LogP contribution in [0.2, 0.25) is 0 Å². The number of nitrogens with two attached hydrogens (primary N) is 1. The molecule has 3 amide bonds. The van der Waals surface area contributed by atoms with Gasteiger partial charge < -0.3 is 21.1 Å². The first kappa shape index (κ1) is 16.9. The minimum absolute atomic E-state index is 0.0570. The van der Waals surface area contributed by atoms with Gasteiger partial charge in [-0.25, -0.2) is 4.79 Å². The molecule has 0 aromatic carbocycles. The molecule has 118 valence electrons. The fraction of sp³-hybridized carbons (Fsp3) is 0.692. The zero-order valence-electron chi connectivity index (χ0n) is 12.2. The Bertz CT molecular complexity index is 449. The fourth-order valence-electron chi connectivity index (χ4n) is 2.26. The molecule has 1 heterocycles. The maximum Gasteiger partial charge on any atom is 0.326 e. The van der Waals surface area contributed by atoms with Crippen LogP contribution in [0.15, 0.2) is 0 Å². The topological polar surface area (TPSA) is 130 Å². The lowest BCUT2D eigenvalue weighted by Gasteiger charge is -2.19. The summed E-state index contributed by atoms with van der Waals surface area (Å²) < 4.78 is 0. The van der Waals surface area contributed by atoms with Crippen LogP contribution in [0.4, 0.5) is 0 Å². The van der Waals surface area contributed by atoms with Crippen molar-refractivity contribution in [2.45, 2.75) is 32.7 Å². The maximum atomic E-state index is 12.0. The first-order chi connectivity index (χ1) is 9.70. The van der Waals surface area contributed by atoms with Crippen LogP contribution in [0.5, 0.6) is 0 Å². The summed E-state index contributed by atoms with van der Waals surface area (Å²) in [5.41, 5.74) is 4.94. The van der Waals surface area contributed by atoms with Gasteiger partial charge in [-0.3, -0.25) is 14.4 Å². The van der Waals surface area contributed by atoms with Gasteiger partial charge in [0.1, 0.15) is 6.04 Å². The molecule has 1 aliphatic rings. The highest BCUT2D eigenvalue weighted by atomic mass is 16.4. The quantitative estimate of drug-likeness (QED) is 0.551. The summed E-state index contributed by atoms with van der Waals surface area (Å²) in [7, 11) is 0. The third-order valence-electron chi connectivity index (χ3n) is 3.19. The number of carbonyl (C=O) groups is 4. The van der Waals surface area contributed by atoms with Crippen LogP contribution >= 0.6 is 0 Å². The van der Waals surface area contributed by atoms with E-state index in [1.165, 1.54) is 0 Å². The second-order valence-electron chi connectivity index (χ2n) is 5.66. The van der Waals surface area contributed by atoms with Crippen molar-refractivity contribution in [3.63, 3.8) is 0 Å². The lowest BCUT2D eigenvalue weighted by molar-refractivity contribution is -0.143. The smallest absolute Gasteiger partial charge is 0.326 e. The molecule has 1 rings (SSSR count). The predicted octanol–water partition coefficient (Wildman–Crippen LogP) is -1.06. The van der Waals surface area contributed by atoms with Gasteiger partial charge in [-0.05, 0) is 5.92 Å². The van der Waals surface area contributed by atoms with E-state index in [0.717, 1.165) is 0 Å². The van der Waals surface area contributed by atoms with Gasteiger partial charge in [-0.1, -0.05) is 13.8 Å². The zero-order chi connectivity index (χ0) is 16.2. The highest BCUT2D eigenvalue weighted by Crippen LogP contribution is 2.19. The largest absolute Gasteiger partial charge is 0.480 e. The molecule has 2 atom stereocenters. The van der Waals surface area contributed by atoms with E-state index in [1.807, 2.05) is 13.8 Å². The number of hydrogen-bond acceptors (Lipinski definition) is 4. The van der Waals surface area contributed by atoms with Crippen molar-refractivity contribution in [2.75, 3.05) is 13.1 Å². The van der Waals surface area contributed by atoms with Crippen LogP contribution in [-0.2, 0) is 19.2 Å². The molecule has 1 fully saturated rings. The second-order valence-corrected chi connectivity index (χ2v) is 5.66. The Morgan fingerprint density at radius 1 is 1.43 bits per heavy atom. The molecule has 0 spiro atoms. The average Bonchev–Trinajstić information content (AvgIpc) is 2.68. The Morgan fingerprint density at radius 3 is 2.52 bits per heavy atom. The molecule has 1 saturated heterocycles. The van der Waals surface area contributed by atoms with Crippen LogP contribution < -0.4 is 11.1 Å². The summed E-state index contributed by atoms with van der Waals surface area (Å²) in [5.74, 6) is -3.10. The second kappa shape index (κ2) is 7.05. The SMILES string of the molecule is CC(C)CN1CC(C(=O)N[C@@H](CC(N)=O)C(=O)O)CC1=O. The van der Waals surface area contributed by atoms with Crippen LogP contribution in [0.1, 0.15) is 26.7 Å². The van der Waals surface area contributed by atoms with Crippen molar-refractivity contribution in [2.24, 2.45) is 17.6 Å². The molecule has 8 nitrogen and oxygen atoms in total. The number of nitrogens with zero attached hydrogens (tertiary/aromatic N) is 1. The summed E-state index contributed by atoms with van der Waals surface area (Å²) in [6, 6.07) is -1.36. The molecular formula is C13H21N3O5. The van der Waals surface area contributed by atoms with Crippen molar-refractivity contribution in [3.8, 4) is 0 Å². The minimum Gasteiger partial charge on any atom is -0.480 e. The number of carbonyl (C=O) groups excluding carboxylic acids is 3. The highest BCUT2D eigenvalue weighted by Gasteiger charge is 2.36. The zero-order valence-corrected chi connectivity index (χ0v) is 12.2. The number of likely N-dealkylation sites (tertiary alicyclic amines) is 1. The van der Waals surface area contributed by atoms with Gasteiger partial charge in [0.15, 0.2) is 0 Å². The monoisotopic (exact) mass is 299 g/mol. The van der Waals surface area contributed by atoms with Crippen LogP contribution in [-0.4, -0.2) is 52.8 Å². The molecular weight excluding hydrogens is 278 g/mol. The van der Waals surface area contributed by atoms with E-state index in [2.05, 4.69) is 5.32 Å². The van der Waals surface area contributed by atoms with E-state index >= 15 is 0 Å². The van der Waals surface area contributed by atoms with Gasteiger partial charge in [-0.2, -0.15) is 0 Å². The van der Waals surface area contributed by atoms with E-state index in [1.54, 1.807) is 4.90 Å². The van der Waals surface area contributed by atoms with Crippen LogP contribution in [0, 0.1) is 11.8 Å². The first-order valence-corrected chi connectivity index (χ1v) is 6.80. The van der Waals surface area contributed by atoms with Gasteiger partial charge in [0.25, 0.3) is 0 Å². The maximum absolute atomic E-state index is 12.0. The first-order valence-electron chi connectivity index (χ1n) is 6.80. The number of hydrogen-bond donors (Lipinski definition) is 3. The summed E-state index contributed by atoms with van der Waals surface area (Å²) in [4.78, 5) is 47.1. The standard InChI is InChI=1S/C13H21N3O5/c1-7(2)5-16-6-8(3-11(16)18)12(19)15-9(13(20)21)4-10(14)17/h7-9H,3-6H2,1-2H3,(H2,14,17)(H,15,19)(H,20,21)/t8?,9-/m0/s1. The Labute approximate surface area is 122 Å². The van der Waals surface area contributed by atoms with Crippen molar-refractivity contribution < 1.29 is 24.3 Å². The normalized spacial score (nSPS) is 19.7. The average molecular weight is 299 g/mol. The Kier molecular flexibility index (Phi) is 5.69. The van der Waals surface area contributed by atoms with Gasteiger partial charge in [0.2, 0.25) is 17.7 Å². The number of carboxylic acid groups (broad SMARTS) is 1. The van der Waals surface area contributed by atoms with Crippen LogP contribution in [0.25, 0.3) is 0 Å². The van der Waals surface area contributed by atoms with Gasteiger partial charge in [0.05, 0.1) is 12.3 Å². The predicted molar refractivity (Wildman–Crippen MR) is 72.9 cm³/mol. The molecule has 0 aromatic rings. The van der Waals surface area contributed by atoms with Crippen molar-refractivity contribution in [1.82, 2.24) is 10.2 Å². The third-order valence-corrected chi connectivity index (χ3v) is 3.19. The number of amides is 3. The van der Waals surface area contributed by atoms with Gasteiger partial charge >= 0.3 is 5.97 Å². The Balaban J connectivity index is 2.61. The molecule has 0 bridgehead atoms. The van der Waals surface area contributed by atoms with Crippen molar-refractivity contribution in [1.29, 1.82) is 0 Å². The molecule has 8 heteroatoms. The van der Waals surface area contributed by atoms with Crippen LogP contribution in [0.3, 0.4) is 0 Å². The molecule has 0 radical (unpaired) electrons. The summed E-state index contributed by atoms with van der Waals surface area (Å²) in [5, 5.41) is 11.2. The molecule has 4 N–H and O–H groups in total. The molecule has 21 heavy (non-hydrogen) atoms. The number of nitrogens with one attached hydrogen (secondary N) is 1. The van der Waals surface area contributed by atoms with Gasteiger partial charge in [-0.15, -0.1) is 0 Å². The Hall–Kier alpha value is -2.12. The molecule has 0 aliphatic carbocycles. The highest BCUT2D eigenvalue weighted by molar-refractivity contribution is 5.92. The molecule has 0 aromatic heterocycles. The molecule has 1 unspecified atom stereocenters. The molecule has 0 saturated carbocycles. The third kappa shape index (κ3) is 5.05. The Morgan fingerprint density at radius 2 is 2.05 bits per heavy atom. The van der Waals surface area contributed by atoms with E-state index in [9.17, 15) is 19.2 Å². The number of rotatable bonds is 7. The van der Waals surface area contributed by atoms with E-state index in [4.69, 9.17) is 10.8 Å². The van der Waals surface area contributed by atoms with E-state index < -0.39 is 36.2 Å². The lowest BCUT2D eigenvalue weighted by atomic mass is 10.1. The number of primary amides is 1. The summed E-state index contributed by atoms with van der Waals surface area (Å²) in [6.45, 7) is 4.76. The summed E-state index contributed by atoms with van der Waals surface area (Å²) >= 11 is 0. The van der Waals surface area contributed by atoms with Crippen molar-refractivity contribution in [3.05, 3.63) is 0 Å². The fourth-order valence-corrected chi connectivity index (χ4v) is 2.26.